The SMILES string of the molecule is NC(c1ccccc1)[C@H](/N=C/c1ccccc1)c1cccc(-n2c3c(c4ccccc42)C(Nc2ccccc2)(c2ccccc2)CC=C3)c1. The zero-order valence-electron chi connectivity index (χ0n) is 27.2. The fraction of sp³-hybridized carbons (Fsp3) is 0.0889. The Kier molecular flexibility index (Phi) is 8.22. The van der Waals surface area contributed by atoms with Gasteiger partial charge in [0.1, 0.15) is 0 Å². The predicted molar refractivity (Wildman–Crippen MR) is 204 cm³/mol. The van der Waals surface area contributed by atoms with Gasteiger partial charge in [-0.1, -0.05) is 146 Å². The topological polar surface area (TPSA) is 55.3 Å². The summed E-state index contributed by atoms with van der Waals surface area (Å²) in [6, 6.07) is 58.8. The largest absolute Gasteiger partial charge is 0.371 e. The van der Waals surface area contributed by atoms with E-state index in [0.29, 0.717) is 0 Å². The summed E-state index contributed by atoms with van der Waals surface area (Å²) in [5.74, 6) is 0. The molecule has 238 valence electrons. The molecule has 0 saturated heterocycles. The van der Waals surface area contributed by atoms with Crippen LogP contribution in [0, 0.1) is 0 Å². The molecule has 0 saturated carbocycles. The highest BCUT2D eigenvalue weighted by molar-refractivity contribution is 5.93. The molecular formula is C45H38N4. The van der Waals surface area contributed by atoms with Crippen LogP contribution in [0.5, 0.6) is 0 Å². The molecule has 0 spiro atoms. The Labute approximate surface area is 287 Å². The van der Waals surface area contributed by atoms with E-state index in [4.69, 9.17) is 10.7 Å². The standard InChI is InChI=1S/C45H38N4/c46-43(34-19-7-2-8-20-34)44(47-32-33-17-5-1-6-18-33)35-21-15-26-38(31-35)49-40-28-14-13-27-39(40)42-41(49)29-16-30-45(42,36-22-9-3-10-23-36)48-37-24-11-4-12-25-37/h1-29,31-32,43-44,48H,30,46H2/b47-32+/t43?,44-,45?/m1/s1. The van der Waals surface area contributed by atoms with E-state index in [1.54, 1.807) is 0 Å². The van der Waals surface area contributed by atoms with Crippen molar-refractivity contribution >= 4 is 28.9 Å². The van der Waals surface area contributed by atoms with E-state index in [9.17, 15) is 0 Å². The lowest BCUT2D eigenvalue weighted by Gasteiger charge is -2.38. The van der Waals surface area contributed by atoms with Gasteiger partial charge in [0.25, 0.3) is 0 Å². The van der Waals surface area contributed by atoms with E-state index in [1.807, 2.05) is 42.6 Å². The van der Waals surface area contributed by atoms with Gasteiger partial charge in [0, 0.05) is 28.5 Å². The fourth-order valence-electron chi connectivity index (χ4n) is 7.33. The van der Waals surface area contributed by atoms with Gasteiger partial charge >= 0.3 is 0 Å². The highest BCUT2D eigenvalue weighted by atomic mass is 15.0. The number of nitrogens with zero attached hydrogens (tertiary/aromatic N) is 2. The molecule has 0 aliphatic heterocycles. The van der Waals surface area contributed by atoms with Crippen molar-refractivity contribution in [3.8, 4) is 5.69 Å². The number of benzene rings is 6. The van der Waals surface area contributed by atoms with Crippen LogP contribution in [-0.2, 0) is 5.54 Å². The van der Waals surface area contributed by atoms with Gasteiger partial charge in [-0.15, -0.1) is 0 Å². The van der Waals surface area contributed by atoms with Gasteiger partial charge < -0.3 is 15.6 Å². The second kappa shape index (κ2) is 13.3. The Morgan fingerprint density at radius 1 is 0.673 bits per heavy atom. The van der Waals surface area contributed by atoms with Gasteiger partial charge in [-0.25, -0.2) is 0 Å². The van der Waals surface area contributed by atoms with Gasteiger partial charge in [0.05, 0.1) is 28.8 Å². The minimum absolute atomic E-state index is 0.293. The highest BCUT2D eigenvalue weighted by Gasteiger charge is 2.40. The summed E-state index contributed by atoms with van der Waals surface area (Å²) in [7, 11) is 0. The van der Waals surface area contributed by atoms with Crippen molar-refractivity contribution in [2.75, 3.05) is 5.32 Å². The third-order valence-corrected chi connectivity index (χ3v) is 9.61. The summed E-state index contributed by atoms with van der Waals surface area (Å²) >= 11 is 0. The number of para-hydroxylation sites is 2. The number of hydrogen-bond donors (Lipinski definition) is 2. The molecular weight excluding hydrogens is 597 g/mol. The van der Waals surface area contributed by atoms with Crippen molar-refractivity contribution in [1.82, 2.24) is 4.57 Å². The smallest absolute Gasteiger partial charge is 0.0942 e. The van der Waals surface area contributed by atoms with Crippen molar-refractivity contribution in [3.05, 3.63) is 209 Å². The number of rotatable bonds is 9. The maximum Gasteiger partial charge on any atom is 0.0942 e. The number of fused-ring (bicyclic) bond motifs is 3. The maximum atomic E-state index is 7.04. The molecule has 0 fully saturated rings. The summed E-state index contributed by atoms with van der Waals surface area (Å²) in [5.41, 5.74) is 16.7. The number of aliphatic imine (C=N–C) groups is 1. The normalized spacial score (nSPS) is 16.8. The number of nitrogens with two attached hydrogens (primary N) is 1. The zero-order chi connectivity index (χ0) is 33.0. The Balaban J connectivity index is 1.31. The van der Waals surface area contributed by atoms with E-state index >= 15 is 0 Å². The van der Waals surface area contributed by atoms with Gasteiger partial charge in [0.2, 0.25) is 0 Å². The minimum atomic E-state index is -0.479. The Hall–Kier alpha value is -5.97. The molecule has 6 aromatic carbocycles. The van der Waals surface area contributed by atoms with Crippen LogP contribution in [-0.4, -0.2) is 10.8 Å². The average Bonchev–Trinajstić information content (AvgIpc) is 3.52. The third kappa shape index (κ3) is 5.77. The molecule has 0 amide bonds. The fourth-order valence-corrected chi connectivity index (χ4v) is 7.33. The van der Waals surface area contributed by atoms with E-state index in [0.717, 1.165) is 45.7 Å². The Bertz CT molecular complexity index is 2240. The van der Waals surface area contributed by atoms with Gasteiger partial charge in [-0.3, -0.25) is 4.99 Å². The van der Waals surface area contributed by atoms with Crippen LogP contribution < -0.4 is 11.1 Å². The maximum absolute atomic E-state index is 7.04. The van der Waals surface area contributed by atoms with Crippen LogP contribution in [0.4, 0.5) is 5.69 Å². The first kappa shape index (κ1) is 30.4. The van der Waals surface area contributed by atoms with Crippen LogP contribution in [0.3, 0.4) is 0 Å². The second-order valence-corrected chi connectivity index (χ2v) is 12.6. The van der Waals surface area contributed by atoms with E-state index in [-0.39, 0.29) is 12.1 Å². The molecule has 0 radical (unpaired) electrons. The lowest BCUT2D eigenvalue weighted by Crippen LogP contribution is -2.38. The van der Waals surface area contributed by atoms with Gasteiger partial charge in [0.15, 0.2) is 0 Å². The second-order valence-electron chi connectivity index (χ2n) is 12.6. The molecule has 7 aromatic rings. The van der Waals surface area contributed by atoms with Crippen molar-refractivity contribution in [2.24, 2.45) is 10.7 Å². The van der Waals surface area contributed by atoms with Crippen LogP contribution in [0.2, 0.25) is 0 Å². The molecule has 1 aromatic heterocycles. The number of nitrogens with one attached hydrogen (secondary N) is 1. The lowest BCUT2D eigenvalue weighted by atomic mass is 9.75. The first-order valence-electron chi connectivity index (χ1n) is 16.9. The molecule has 3 atom stereocenters. The molecule has 8 rings (SSSR count). The third-order valence-electron chi connectivity index (χ3n) is 9.61. The number of anilines is 1. The monoisotopic (exact) mass is 634 g/mol. The van der Waals surface area contributed by atoms with Crippen molar-refractivity contribution in [3.63, 3.8) is 0 Å². The molecule has 0 bridgehead atoms. The zero-order valence-corrected chi connectivity index (χ0v) is 27.2. The van der Waals surface area contributed by atoms with E-state index in [1.165, 1.54) is 16.5 Å². The minimum Gasteiger partial charge on any atom is -0.371 e. The summed E-state index contributed by atoms with van der Waals surface area (Å²) in [5, 5.41) is 5.24. The molecule has 4 heteroatoms. The molecule has 1 heterocycles. The lowest BCUT2D eigenvalue weighted by molar-refractivity contribution is 0.578. The molecule has 4 nitrogen and oxygen atoms in total. The van der Waals surface area contributed by atoms with Crippen LogP contribution in [0.1, 0.15) is 52.0 Å². The van der Waals surface area contributed by atoms with Crippen LogP contribution in [0.25, 0.3) is 22.7 Å². The molecule has 2 unspecified atom stereocenters. The molecule has 1 aliphatic rings. The van der Waals surface area contributed by atoms with Gasteiger partial charge in [-0.2, -0.15) is 0 Å². The summed E-state index contributed by atoms with van der Waals surface area (Å²) in [6.45, 7) is 0. The number of aromatic nitrogens is 1. The average molecular weight is 635 g/mol. The van der Waals surface area contributed by atoms with Crippen LogP contribution >= 0.6 is 0 Å². The molecule has 3 N–H and O–H groups in total. The summed E-state index contributed by atoms with van der Waals surface area (Å²) in [6.07, 6.45) is 7.35. The first-order chi connectivity index (χ1) is 24.2. The van der Waals surface area contributed by atoms with E-state index < -0.39 is 5.54 Å². The summed E-state index contributed by atoms with van der Waals surface area (Å²) in [4.78, 5) is 5.14. The van der Waals surface area contributed by atoms with Gasteiger partial charge in [-0.05, 0) is 65.1 Å². The first-order valence-corrected chi connectivity index (χ1v) is 16.9. The highest BCUT2D eigenvalue weighted by Crippen LogP contribution is 2.47. The predicted octanol–water partition coefficient (Wildman–Crippen LogP) is 10.3. The van der Waals surface area contributed by atoms with Crippen molar-refractivity contribution < 1.29 is 0 Å². The Morgan fingerprint density at radius 3 is 2.06 bits per heavy atom. The van der Waals surface area contributed by atoms with Crippen molar-refractivity contribution in [1.29, 1.82) is 0 Å². The van der Waals surface area contributed by atoms with Crippen LogP contribution in [0.15, 0.2) is 181 Å². The molecule has 1 aliphatic carbocycles. The number of hydrogen-bond acceptors (Lipinski definition) is 3. The quantitative estimate of drug-likeness (QED) is 0.155. The summed E-state index contributed by atoms with van der Waals surface area (Å²) < 4.78 is 2.40. The van der Waals surface area contributed by atoms with Crippen molar-refractivity contribution in [2.45, 2.75) is 24.0 Å². The Morgan fingerprint density at radius 2 is 1.31 bits per heavy atom. The molecule has 49 heavy (non-hydrogen) atoms. The van der Waals surface area contributed by atoms with E-state index in [2.05, 4.69) is 155 Å².